The lowest BCUT2D eigenvalue weighted by Gasteiger charge is -2.32. The quantitative estimate of drug-likeness (QED) is 0.530. The van der Waals surface area contributed by atoms with E-state index in [0.29, 0.717) is 12.0 Å². The van der Waals surface area contributed by atoms with E-state index in [4.69, 9.17) is 4.74 Å². The highest BCUT2D eigenvalue weighted by Crippen LogP contribution is 2.16. The van der Waals surface area contributed by atoms with Crippen LogP contribution in [0.4, 0.5) is 0 Å². The zero-order chi connectivity index (χ0) is 19.8. The molecule has 0 amide bonds. The van der Waals surface area contributed by atoms with Crippen LogP contribution in [0.25, 0.3) is 0 Å². The zero-order valence-corrected chi connectivity index (χ0v) is 18.0. The monoisotopic (exact) mass is 378 g/mol. The van der Waals surface area contributed by atoms with Crippen LogP contribution in [0.1, 0.15) is 36.7 Å². The van der Waals surface area contributed by atoms with Gasteiger partial charge in [0.15, 0.2) is 5.96 Å². The summed E-state index contributed by atoms with van der Waals surface area (Å²) in [5.74, 6) is 1.60. The van der Waals surface area contributed by atoms with Crippen LogP contribution in [0.3, 0.4) is 0 Å². The summed E-state index contributed by atoms with van der Waals surface area (Å²) in [6, 6.07) is 0.300. The predicted octanol–water partition coefficient (Wildman–Crippen LogP) is 1.49. The molecule has 0 aromatic carbocycles. The molecule has 1 saturated heterocycles. The molecule has 2 rings (SSSR count). The lowest BCUT2D eigenvalue weighted by atomic mass is 9.97. The van der Waals surface area contributed by atoms with Crippen LogP contribution in [-0.2, 0) is 18.2 Å². The van der Waals surface area contributed by atoms with Gasteiger partial charge in [0.05, 0.1) is 12.3 Å². The van der Waals surface area contributed by atoms with Gasteiger partial charge in [-0.15, -0.1) is 0 Å². The standard InChI is InChI=1S/C20H38N6O/c1-15(13-19-16(2)24-25(5)17(19)3)23-20(21-4)22-14-18-7-9-26(10-8-18)11-12-27-6/h15,18H,7-14H2,1-6H3,(H2,21,22,23). The molecule has 2 N–H and O–H groups in total. The summed E-state index contributed by atoms with van der Waals surface area (Å²) in [4.78, 5) is 6.90. The fraction of sp³-hybridized carbons (Fsp3) is 0.800. The van der Waals surface area contributed by atoms with Crippen molar-refractivity contribution in [2.75, 3.05) is 46.9 Å². The van der Waals surface area contributed by atoms with E-state index in [0.717, 1.165) is 50.9 Å². The minimum atomic E-state index is 0.300. The Bertz CT molecular complexity index is 604. The van der Waals surface area contributed by atoms with E-state index >= 15 is 0 Å². The lowest BCUT2D eigenvalue weighted by Crippen LogP contribution is -2.46. The molecule has 0 aliphatic carbocycles. The fourth-order valence-electron chi connectivity index (χ4n) is 3.77. The number of nitrogens with one attached hydrogen (secondary N) is 2. The summed E-state index contributed by atoms with van der Waals surface area (Å²) in [5.41, 5.74) is 3.69. The summed E-state index contributed by atoms with van der Waals surface area (Å²) in [7, 11) is 5.62. The lowest BCUT2D eigenvalue weighted by molar-refractivity contribution is 0.121. The first-order valence-electron chi connectivity index (χ1n) is 10.1. The minimum absolute atomic E-state index is 0.300. The Hall–Kier alpha value is -1.60. The number of nitrogens with zero attached hydrogens (tertiary/aromatic N) is 4. The maximum atomic E-state index is 5.18. The molecule has 1 aromatic heterocycles. The van der Waals surface area contributed by atoms with Gasteiger partial charge in [-0.25, -0.2) is 0 Å². The summed E-state index contributed by atoms with van der Waals surface area (Å²) < 4.78 is 7.14. The Labute approximate surface area is 164 Å². The topological polar surface area (TPSA) is 66.7 Å². The van der Waals surface area contributed by atoms with Crippen molar-refractivity contribution in [3.8, 4) is 0 Å². The van der Waals surface area contributed by atoms with Crippen LogP contribution >= 0.6 is 0 Å². The van der Waals surface area contributed by atoms with Gasteiger partial charge in [-0.1, -0.05) is 0 Å². The molecule has 1 unspecified atom stereocenters. The second-order valence-electron chi connectivity index (χ2n) is 7.75. The Morgan fingerprint density at radius 3 is 2.59 bits per heavy atom. The van der Waals surface area contributed by atoms with Gasteiger partial charge >= 0.3 is 0 Å². The Morgan fingerprint density at radius 1 is 1.33 bits per heavy atom. The molecule has 1 aliphatic heterocycles. The van der Waals surface area contributed by atoms with E-state index in [1.54, 1.807) is 7.11 Å². The minimum Gasteiger partial charge on any atom is -0.383 e. The Kier molecular flexibility index (Phi) is 8.57. The van der Waals surface area contributed by atoms with Gasteiger partial charge in [-0.3, -0.25) is 9.67 Å². The molecule has 1 aromatic rings. The van der Waals surface area contributed by atoms with Crippen LogP contribution in [0.5, 0.6) is 0 Å². The van der Waals surface area contributed by atoms with Crippen LogP contribution < -0.4 is 10.6 Å². The normalized spacial score (nSPS) is 17.9. The van der Waals surface area contributed by atoms with Crippen molar-refractivity contribution in [1.82, 2.24) is 25.3 Å². The maximum Gasteiger partial charge on any atom is 0.191 e. The number of ether oxygens (including phenoxy) is 1. The number of guanidine groups is 1. The molecular formula is C20H38N6O. The van der Waals surface area contributed by atoms with Gasteiger partial charge in [0.25, 0.3) is 0 Å². The summed E-state index contributed by atoms with van der Waals surface area (Å²) in [6.07, 6.45) is 3.42. The highest BCUT2D eigenvalue weighted by atomic mass is 16.5. The largest absolute Gasteiger partial charge is 0.383 e. The molecule has 0 saturated carbocycles. The third kappa shape index (κ3) is 6.50. The number of aliphatic imine (C=N–C) groups is 1. The molecule has 0 bridgehead atoms. The first-order chi connectivity index (χ1) is 12.9. The van der Waals surface area contributed by atoms with E-state index in [-0.39, 0.29) is 0 Å². The van der Waals surface area contributed by atoms with Gasteiger partial charge in [0, 0.05) is 46.0 Å². The molecule has 7 nitrogen and oxygen atoms in total. The molecule has 7 heteroatoms. The average molecular weight is 379 g/mol. The summed E-state index contributed by atoms with van der Waals surface area (Å²) in [6.45, 7) is 11.6. The second-order valence-corrected chi connectivity index (χ2v) is 7.75. The average Bonchev–Trinajstić information content (AvgIpc) is 2.90. The van der Waals surface area contributed by atoms with E-state index in [1.165, 1.54) is 24.1 Å². The number of hydrogen-bond acceptors (Lipinski definition) is 4. The molecular weight excluding hydrogens is 340 g/mol. The third-order valence-electron chi connectivity index (χ3n) is 5.65. The van der Waals surface area contributed by atoms with Crippen molar-refractivity contribution >= 4 is 5.96 Å². The van der Waals surface area contributed by atoms with Crippen LogP contribution in [0.15, 0.2) is 4.99 Å². The number of hydrogen-bond donors (Lipinski definition) is 2. The molecule has 2 heterocycles. The van der Waals surface area contributed by atoms with Crippen molar-refractivity contribution in [2.45, 2.75) is 46.1 Å². The van der Waals surface area contributed by atoms with E-state index in [1.807, 2.05) is 18.8 Å². The van der Waals surface area contributed by atoms with Crippen LogP contribution in [-0.4, -0.2) is 73.6 Å². The number of piperidine rings is 1. The highest BCUT2D eigenvalue weighted by molar-refractivity contribution is 5.79. The molecule has 1 fully saturated rings. The van der Waals surface area contributed by atoms with Crippen LogP contribution in [0, 0.1) is 19.8 Å². The van der Waals surface area contributed by atoms with Gasteiger partial charge in [0.1, 0.15) is 0 Å². The zero-order valence-electron chi connectivity index (χ0n) is 18.0. The molecule has 27 heavy (non-hydrogen) atoms. The SMILES string of the molecule is CN=C(NCC1CCN(CCOC)CC1)NC(C)Cc1c(C)nn(C)c1C. The number of aryl methyl sites for hydroxylation is 2. The van der Waals surface area contributed by atoms with E-state index < -0.39 is 0 Å². The number of methoxy groups -OCH3 is 1. The maximum absolute atomic E-state index is 5.18. The molecule has 1 atom stereocenters. The summed E-state index contributed by atoms with van der Waals surface area (Å²) in [5, 5.41) is 11.6. The van der Waals surface area contributed by atoms with E-state index in [9.17, 15) is 0 Å². The molecule has 0 radical (unpaired) electrons. The Morgan fingerprint density at radius 2 is 2.04 bits per heavy atom. The fourth-order valence-corrected chi connectivity index (χ4v) is 3.77. The first kappa shape index (κ1) is 21.7. The smallest absolute Gasteiger partial charge is 0.191 e. The van der Waals surface area contributed by atoms with Crippen molar-refractivity contribution in [2.24, 2.45) is 18.0 Å². The summed E-state index contributed by atoms with van der Waals surface area (Å²) >= 11 is 0. The van der Waals surface area contributed by atoms with Gasteiger partial charge < -0.3 is 20.3 Å². The van der Waals surface area contributed by atoms with Gasteiger partial charge in [0.2, 0.25) is 0 Å². The number of rotatable bonds is 8. The predicted molar refractivity (Wildman–Crippen MR) is 111 cm³/mol. The number of likely N-dealkylation sites (tertiary alicyclic amines) is 1. The third-order valence-corrected chi connectivity index (χ3v) is 5.65. The van der Waals surface area contributed by atoms with Gasteiger partial charge in [-0.05, 0) is 64.6 Å². The van der Waals surface area contributed by atoms with E-state index in [2.05, 4.69) is 46.4 Å². The van der Waals surface area contributed by atoms with Crippen LogP contribution in [0.2, 0.25) is 0 Å². The van der Waals surface area contributed by atoms with Crippen molar-refractivity contribution in [3.05, 3.63) is 17.0 Å². The van der Waals surface area contributed by atoms with Crippen molar-refractivity contribution in [1.29, 1.82) is 0 Å². The highest BCUT2D eigenvalue weighted by Gasteiger charge is 2.19. The Balaban J connectivity index is 1.74. The number of aromatic nitrogens is 2. The first-order valence-corrected chi connectivity index (χ1v) is 10.1. The molecule has 154 valence electrons. The molecule has 1 aliphatic rings. The molecule has 0 spiro atoms. The van der Waals surface area contributed by atoms with Crippen molar-refractivity contribution < 1.29 is 4.74 Å². The van der Waals surface area contributed by atoms with Crippen molar-refractivity contribution in [3.63, 3.8) is 0 Å². The second kappa shape index (κ2) is 10.7. The van der Waals surface area contributed by atoms with Gasteiger partial charge in [-0.2, -0.15) is 5.10 Å².